The smallest absolute Gasteiger partial charge is 0.255 e. The van der Waals surface area contributed by atoms with Gasteiger partial charge in [-0.25, -0.2) is 9.97 Å². The van der Waals surface area contributed by atoms with E-state index in [-0.39, 0.29) is 18.4 Å². The monoisotopic (exact) mass is 497 g/mol. The molecular formula is C28H27N5O4. The molecule has 0 fully saturated rings. The highest BCUT2D eigenvalue weighted by Gasteiger charge is 2.22. The van der Waals surface area contributed by atoms with Crippen LogP contribution in [0.15, 0.2) is 73.3 Å². The van der Waals surface area contributed by atoms with Gasteiger partial charge in [0.15, 0.2) is 11.5 Å². The number of carbonyl (C=O) groups is 2. The number of amides is 2. The lowest BCUT2D eigenvalue weighted by atomic mass is 9.95. The van der Waals surface area contributed by atoms with E-state index < -0.39 is 0 Å². The van der Waals surface area contributed by atoms with Crippen LogP contribution in [0.25, 0.3) is 11.1 Å². The lowest BCUT2D eigenvalue weighted by molar-refractivity contribution is 0.0948. The molecule has 37 heavy (non-hydrogen) atoms. The molecule has 0 saturated heterocycles. The molecule has 0 radical (unpaired) electrons. The highest BCUT2D eigenvalue weighted by Crippen LogP contribution is 2.41. The number of para-hydroxylation sites is 2. The van der Waals surface area contributed by atoms with Gasteiger partial charge in [0.1, 0.15) is 6.33 Å². The summed E-state index contributed by atoms with van der Waals surface area (Å²) in [5.41, 5.74) is 10.8. The van der Waals surface area contributed by atoms with Crippen LogP contribution in [0.4, 0.5) is 11.4 Å². The molecule has 0 saturated carbocycles. The molecule has 0 atom stereocenters. The molecule has 0 aliphatic heterocycles. The second-order valence-electron chi connectivity index (χ2n) is 8.21. The van der Waals surface area contributed by atoms with Crippen molar-refractivity contribution in [2.45, 2.75) is 13.5 Å². The standard InChI is InChI=1S/C28H27N5O4/c1-17-21(12-24(36-2)26(37-3)25(17)20-14-30-16-31-15-20)28(35)32-13-18-8-10-19(11-9-18)27(34)33-23-7-5-4-6-22(23)29/h4-12,14-16H,13,29H2,1-3H3,(H,32,35)(H,33,34). The van der Waals surface area contributed by atoms with Crippen molar-refractivity contribution in [2.75, 3.05) is 25.3 Å². The number of nitrogens with zero attached hydrogens (tertiary/aromatic N) is 2. The van der Waals surface area contributed by atoms with E-state index in [2.05, 4.69) is 20.6 Å². The minimum Gasteiger partial charge on any atom is -0.493 e. The summed E-state index contributed by atoms with van der Waals surface area (Å²) < 4.78 is 11.1. The summed E-state index contributed by atoms with van der Waals surface area (Å²) in [5.74, 6) is 0.369. The van der Waals surface area contributed by atoms with Gasteiger partial charge in [-0.15, -0.1) is 0 Å². The van der Waals surface area contributed by atoms with Gasteiger partial charge in [-0.2, -0.15) is 0 Å². The fraction of sp³-hybridized carbons (Fsp3) is 0.143. The first-order valence-electron chi connectivity index (χ1n) is 11.5. The van der Waals surface area contributed by atoms with Crippen LogP contribution in [0.3, 0.4) is 0 Å². The number of hydrogen-bond donors (Lipinski definition) is 3. The molecule has 4 aromatic rings. The van der Waals surface area contributed by atoms with Gasteiger partial charge >= 0.3 is 0 Å². The maximum atomic E-state index is 13.2. The van der Waals surface area contributed by atoms with E-state index >= 15 is 0 Å². The zero-order valence-electron chi connectivity index (χ0n) is 20.7. The van der Waals surface area contributed by atoms with E-state index in [1.807, 2.05) is 6.92 Å². The Kier molecular flexibility index (Phi) is 7.63. The van der Waals surface area contributed by atoms with Crippen LogP contribution >= 0.6 is 0 Å². The molecule has 0 bridgehead atoms. The molecule has 0 aliphatic rings. The number of hydrogen-bond acceptors (Lipinski definition) is 7. The third-order valence-corrected chi connectivity index (χ3v) is 5.90. The van der Waals surface area contributed by atoms with Crippen molar-refractivity contribution in [1.82, 2.24) is 15.3 Å². The SMILES string of the molecule is COc1cc(C(=O)NCc2ccc(C(=O)Nc3ccccc3N)cc2)c(C)c(-c2cncnc2)c1OC. The summed E-state index contributed by atoms with van der Waals surface area (Å²) in [6.45, 7) is 2.11. The zero-order valence-corrected chi connectivity index (χ0v) is 20.7. The second-order valence-corrected chi connectivity index (χ2v) is 8.21. The molecule has 0 unspecified atom stereocenters. The molecule has 0 aliphatic carbocycles. The van der Waals surface area contributed by atoms with Crippen molar-refractivity contribution in [3.05, 3.63) is 95.6 Å². The summed E-state index contributed by atoms with van der Waals surface area (Å²) >= 11 is 0. The van der Waals surface area contributed by atoms with Crippen LogP contribution in [-0.4, -0.2) is 36.0 Å². The molecular weight excluding hydrogens is 470 g/mol. The Morgan fingerprint density at radius 3 is 2.30 bits per heavy atom. The number of benzene rings is 3. The van der Waals surface area contributed by atoms with Crippen molar-refractivity contribution >= 4 is 23.2 Å². The number of rotatable bonds is 8. The number of nitrogens with two attached hydrogens (primary N) is 1. The van der Waals surface area contributed by atoms with E-state index in [1.54, 1.807) is 74.1 Å². The van der Waals surface area contributed by atoms with Gasteiger partial charge in [-0.1, -0.05) is 24.3 Å². The van der Waals surface area contributed by atoms with Crippen LogP contribution in [0.2, 0.25) is 0 Å². The number of nitrogen functional groups attached to an aromatic ring is 1. The predicted molar refractivity (Wildman–Crippen MR) is 142 cm³/mol. The Morgan fingerprint density at radius 1 is 0.946 bits per heavy atom. The molecule has 1 aromatic heterocycles. The lowest BCUT2D eigenvalue weighted by Gasteiger charge is -2.18. The third-order valence-electron chi connectivity index (χ3n) is 5.90. The van der Waals surface area contributed by atoms with E-state index in [1.165, 1.54) is 13.4 Å². The Labute approximate surface area is 214 Å². The molecule has 188 valence electrons. The van der Waals surface area contributed by atoms with Crippen LogP contribution in [0.5, 0.6) is 11.5 Å². The van der Waals surface area contributed by atoms with Gasteiger partial charge < -0.3 is 25.8 Å². The molecule has 0 spiro atoms. The minimum absolute atomic E-state index is 0.268. The van der Waals surface area contributed by atoms with Crippen LogP contribution in [0, 0.1) is 6.92 Å². The van der Waals surface area contributed by atoms with Crippen molar-refractivity contribution in [2.24, 2.45) is 0 Å². The third kappa shape index (κ3) is 5.51. The van der Waals surface area contributed by atoms with Crippen molar-refractivity contribution < 1.29 is 19.1 Å². The Hall–Kier alpha value is -4.92. The van der Waals surface area contributed by atoms with E-state index in [4.69, 9.17) is 15.2 Å². The highest BCUT2D eigenvalue weighted by molar-refractivity contribution is 6.05. The van der Waals surface area contributed by atoms with E-state index in [0.717, 1.165) is 5.56 Å². The van der Waals surface area contributed by atoms with Crippen LogP contribution in [-0.2, 0) is 6.54 Å². The van der Waals surface area contributed by atoms with Crippen molar-refractivity contribution in [3.63, 3.8) is 0 Å². The number of anilines is 2. The summed E-state index contributed by atoms with van der Waals surface area (Å²) in [5, 5.41) is 5.73. The Morgan fingerprint density at radius 2 is 1.65 bits per heavy atom. The number of methoxy groups -OCH3 is 2. The lowest BCUT2D eigenvalue weighted by Crippen LogP contribution is -2.24. The summed E-state index contributed by atoms with van der Waals surface area (Å²) in [4.78, 5) is 33.9. The normalized spacial score (nSPS) is 10.5. The van der Waals surface area contributed by atoms with Gasteiger partial charge in [0, 0.05) is 41.2 Å². The number of nitrogens with one attached hydrogen (secondary N) is 2. The molecule has 9 heteroatoms. The molecule has 2 amide bonds. The van der Waals surface area contributed by atoms with Crippen molar-refractivity contribution in [3.8, 4) is 22.6 Å². The van der Waals surface area contributed by atoms with E-state index in [0.29, 0.717) is 50.7 Å². The quantitative estimate of drug-likeness (QED) is 0.311. The molecule has 1 heterocycles. The number of carbonyl (C=O) groups excluding carboxylic acids is 2. The molecule has 4 N–H and O–H groups in total. The zero-order chi connectivity index (χ0) is 26.4. The highest BCUT2D eigenvalue weighted by atomic mass is 16.5. The molecule has 3 aromatic carbocycles. The van der Waals surface area contributed by atoms with Gasteiger partial charge in [0.2, 0.25) is 0 Å². The van der Waals surface area contributed by atoms with Gasteiger partial charge in [-0.05, 0) is 48.4 Å². The topological polar surface area (TPSA) is 128 Å². The second kappa shape index (κ2) is 11.2. The van der Waals surface area contributed by atoms with Crippen LogP contribution < -0.4 is 25.8 Å². The first-order valence-corrected chi connectivity index (χ1v) is 11.5. The van der Waals surface area contributed by atoms with Crippen molar-refractivity contribution in [1.29, 1.82) is 0 Å². The predicted octanol–water partition coefficient (Wildman–Crippen LogP) is 4.23. The largest absolute Gasteiger partial charge is 0.493 e. The fourth-order valence-electron chi connectivity index (χ4n) is 3.96. The maximum absolute atomic E-state index is 13.2. The number of ether oxygens (including phenoxy) is 2. The first kappa shape index (κ1) is 25.2. The Balaban J connectivity index is 1.50. The summed E-state index contributed by atoms with van der Waals surface area (Å²) in [6, 6.07) is 15.7. The summed E-state index contributed by atoms with van der Waals surface area (Å²) in [6.07, 6.45) is 4.75. The average Bonchev–Trinajstić information content (AvgIpc) is 2.93. The fourth-order valence-corrected chi connectivity index (χ4v) is 3.96. The first-order chi connectivity index (χ1) is 17.9. The van der Waals surface area contributed by atoms with E-state index in [9.17, 15) is 9.59 Å². The maximum Gasteiger partial charge on any atom is 0.255 e. The van der Waals surface area contributed by atoms with Crippen LogP contribution in [0.1, 0.15) is 31.8 Å². The number of aromatic nitrogens is 2. The summed E-state index contributed by atoms with van der Waals surface area (Å²) in [7, 11) is 3.06. The Bertz CT molecular complexity index is 1420. The van der Waals surface area contributed by atoms with Gasteiger partial charge in [0.25, 0.3) is 11.8 Å². The molecule has 9 nitrogen and oxygen atoms in total. The van der Waals surface area contributed by atoms with Gasteiger partial charge in [-0.3, -0.25) is 9.59 Å². The molecule has 4 rings (SSSR count). The minimum atomic E-state index is -0.280. The average molecular weight is 498 g/mol. The van der Waals surface area contributed by atoms with Gasteiger partial charge in [0.05, 0.1) is 25.6 Å².